The molecule has 3 aromatic rings. The average molecular weight is 671 g/mol. The van der Waals surface area contributed by atoms with Crippen LogP contribution in [0.5, 0.6) is 0 Å². The summed E-state index contributed by atoms with van der Waals surface area (Å²) in [6, 6.07) is 10.1. The first-order valence-corrected chi connectivity index (χ1v) is 14.5. The first-order valence-electron chi connectivity index (χ1n) is 14.1. The molecule has 0 spiro atoms. The molecular weight excluding hydrogens is 645 g/mol. The SMILES string of the molecule is N#Cc1ccnc(N2C(=O)N(CC(=O)OCO)C[C@H]2C(=O)N(c2cccc(F)c2)C(C(=O)NC2CC(F)(F)C2)c2ccccc2Cl)c1. The standard InChI is InChI=1S/C31H26ClF3N6O6/c32-23-7-2-1-6-22(23)27(28(44)38-20-12-31(34,35)13-20)40(21-5-3-4-19(33)11-21)29(45)24-15-39(16-26(43)47-17-42)30(46)41(24)25-10-18(14-36)8-9-37-25/h1-11,20,24,27,42H,12-13,15-17H2,(H,38,44)/t24-,27?/m0/s1. The molecule has 4 amide bonds. The maximum absolute atomic E-state index is 14.8. The van der Waals surface area contributed by atoms with Gasteiger partial charge >= 0.3 is 12.0 Å². The van der Waals surface area contributed by atoms with Gasteiger partial charge in [-0.25, -0.2) is 22.9 Å². The van der Waals surface area contributed by atoms with E-state index in [0.717, 1.165) is 26.8 Å². The van der Waals surface area contributed by atoms with Crippen molar-refractivity contribution < 1.29 is 42.2 Å². The van der Waals surface area contributed by atoms with Crippen molar-refractivity contribution in [1.29, 1.82) is 5.26 Å². The number of esters is 1. The van der Waals surface area contributed by atoms with Crippen molar-refractivity contribution in [2.75, 3.05) is 29.7 Å². The lowest BCUT2D eigenvalue weighted by atomic mass is 9.87. The van der Waals surface area contributed by atoms with Crippen molar-refractivity contribution in [3.8, 4) is 6.07 Å². The maximum atomic E-state index is 14.8. The summed E-state index contributed by atoms with van der Waals surface area (Å²) in [6.45, 7) is -2.14. The van der Waals surface area contributed by atoms with Crippen molar-refractivity contribution >= 4 is 46.9 Å². The number of hydrogen-bond donors (Lipinski definition) is 2. The first-order chi connectivity index (χ1) is 22.4. The lowest BCUT2D eigenvalue weighted by molar-refractivity contribution is -0.152. The fourth-order valence-electron chi connectivity index (χ4n) is 5.45. The van der Waals surface area contributed by atoms with Crippen LogP contribution in [0.4, 0.5) is 29.5 Å². The average Bonchev–Trinajstić information content (AvgIpc) is 3.34. The number of urea groups is 1. The van der Waals surface area contributed by atoms with Crippen molar-refractivity contribution in [3.05, 3.63) is 88.8 Å². The van der Waals surface area contributed by atoms with Crippen LogP contribution < -0.4 is 15.1 Å². The van der Waals surface area contributed by atoms with Gasteiger partial charge in [-0.2, -0.15) is 5.26 Å². The smallest absolute Gasteiger partial charge is 0.327 e. The number of aliphatic hydroxyl groups is 1. The van der Waals surface area contributed by atoms with Crippen LogP contribution in [-0.2, 0) is 19.1 Å². The number of anilines is 2. The van der Waals surface area contributed by atoms with Crippen LogP contribution in [0, 0.1) is 17.1 Å². The third-order valence-corrected chi connectivity index (χ3v) is 7.94. The van der Waals surface area contributed by atoms with Crippen LogP contribution in [0.25, 0.3) is 0 Å². The Labute approximate surface area is 270 Å². The van der Waals surface area contributed by atoms with E-state index >= 15 is 0 Å². The molecule has 2 atom stereocenters. The molecule has 244 valence electrons. The Hall–Kier alpha value is -5.20. The molecule has 12 nitrogen and oxygen atoms in total. The van der Waals surface area contributed by atoms with Gasteiger partial charge < -0.3 is 20.1 Å². The summed E-state index contributed by atoms with van der Waals surface area (Å²) >= 11 is 6.51. The molecule has 1 saturated heterocycles. The van der Waals surface area contributed by atoms with E-state index in [1.165, 1.54) is 48.7 Å². The molecule has 16 heteroatoms. The Bertz CT molecular complexity index is 1750. The van der Waals surface area contributed by atoms with Crippen molar-refractivity contribution in [1.82, 2.24) is 15.2 Å². The topological polar surface area (TPSA) is 156 Å². The molecule has 2 fully saturated rings. The van der Waals surface area contributed by atoms with Gasteiger partial charge in [-0.3, -0.25) is 24.2 Å². The Morgan fingerprint density at radius 1 is 1.17 bits per heavy atom. The molecule has 1 saturated carbocycles. The Morgan fingerprint density at radius 2 is 1.91 bits per heavy atom. The quantitative estimate of drug-likeness (QED) is 0.245. The molecule has 1 unspecified atom stereocenters. The highest BCUT2D eigenvalue weighted by Gasteiger charge is 2.50. The second kappa shape index (κ2) is 13.7. The summed E-state index contributed by atoms with van der Waals surface area (Å²) < 4.78 is 46.7. The summed E-state index contributed by atoms with van der Waals surface area (Å²) in [5, 5.41) is 21.0. The second-order valence-electron chi connectivity index (χ2n) is 10.8. The van der Waals surface area contributed by atoms with E-state index in [0.29, 0.717) is 0 Å². The number of benzene rings is 2. The lowest BCUT2D eigenvalue weighted by Crippen LogP contribution is -2.56. The van der Waals surface area contributed by atoms with Crippen molar-refractivity contribution in [2.45, 2.75) is 36.9 Å². The van der Waals surface area contributed by atoms with E-state index < -0.39 is 86.4 Å². The largest absolute Gasteiger partial charge is 0.437 e. The second-order valence-corrected chi connectivity index (χ2v) is 11.2. The normalized spacial score (nSPS) is 17.8. The number of pyridine rings is 1. The summed E-state index contributed by atoms with van der Waals surface area (Å²) in [7, 11) is 0. The lowest BCUT2D eigenvalue weighted by Gasteiger charge is -2.39. The van der Waals surface area contributed by atoms with Gasteiger partial charge in [0.25, 0.3) is 11.8 Å². The van der Waals surface area contributed by atoms with Crippen LogP contribution in [-0.4, -0.2) is 76.7 Å². The molecule has 5 rings (SSSR count). The third kappa shape index (κ3) is 7.13. The Morgan fingerprint density at radius 3 is 2.57 bits per heavy atom. The van der Waals surface area contributed by atoms with Crippen LogP contribution in [0.2, 0.25) is 5.02 Å². The van der Waals surface area contributed by atoms with E-state index in [1.807, 2.05) is 6.07 Å². The zero-order valence-electron chi connectivity index (χ0n) is 24.4. The van der Waals surface area contributed by atoms with Crippen LogP contribution in [0.3, 0.4) is 0 Å². The predicted molar refractivity (Wildman–Crippen MR) is 160 cm³/mol. The van der Waals surface area contributed by atoms with E-state index in [4.69, 9.17) is 16.7 Å². The molecule has 1 aliphatic carbocycles. The molecule has 2 aliphatic rings. The summed E-state index contributed by atoms with van der Waals surface area (Å²) in [5.74, 6) is -6.79. The number of aliphatic hydroxyl groups excluding tert-OH is 1. The fraction of sp³-hybridized carbons (Fsp3) is 0.290. The minimum absolute atomic E-state index is 0.0249. The fourth-order valence-corrected chi connectivity index (χ4v) is 5.69. The van der Waals surface area contributed by atoms with Crippen molar-refractivity contribution in [2.24, 2.45) is 0 Å². The predicted octanol–water partition coefficient (Wildman–Crippen LogP) is 3.54. The molecule has 1 aromatic heterocycles. The number of alkyl halides is 2. The Balaban J connectivity index is 1.63. The number of hydrogen-bond acceptors (Lipinski definition) is 8. The molecule has 2 heterocycles. The molecule has 0 radical (unpaired) electrons. The van der Waals surface area contributed by atoms with E-state index in [2.05, 4.69) is 15.0 Å². The van der Waals surface area contributed by atoms with Gasteiger partial charge in [0.2, 0.25) is 5.91 Å². The number of aromatic nitrogens is 1. The minimum atomic E-state index is -2.98. The number of nitrogens with one attached hydrogen (secondary N) is 1. The summed E-state index contributed by atoms with van der Waals surface area (Å²) in [5.41, 5.74) is 0.0113. The number of carbonyl (C=O) groups excluding carboxylic acids is 4. The van der Waals surface area contributed by atoms with E-state index in [-0.39, 0.29) is 27.7 Å². The summed E-state index contributed by atoms with van der Waals surface area (Å²) in [6.07, 6.45) is -0.0384. The number of carbonyl (C=O) groups is 4. The molecule has 2 aromatic carbocycles. The van der Waals surface area contributed by atoms with Gasteiger partial charge in [0.05, 0.1) is 18.2 Å². The van der Waals surface area contributed by atoms with Gasteiger partial charge in [0, 0.05) is 41.4 Å². The molecule has 2 N–H and O–H groups in total. The van der Waals surface area contributed by atoms with Crippen LogP contribution >= 0.6 is 11.6 Å². The zero-order chi connectivity index (χ0) is 33.9. The number of halogens is 4. The van der Waals surface area contributed by atoms with Crippen molar-refractivity contribution in [3.63, 3.8) is 0 Å². The number of nitrogens with zero attached hydrogens (tertiary/aromatic N) is 5. The highest BCUT2D eigenvalue weighted by Crippen LogP contribution is 2.39. The molecule has 1 aliphatic heterocycles. The first kappa shape index (κ1) is 33.2. The minimum Gasteiger partial charge on any atom is -0.437 e. The number of rotatable bonds is 10. The van der Waals surface area contributed by atoms with Gasteiger partial charge in [-0.1, -0.05) is 35.9 Å². The Kier molecular flexibility index (Phi) is 9.64. The van der Waals surface area contributed by atoms with E-state index in [9.17, 15) is 37.6 Å². The van der Waals surface area contributed by atoms with Gasteiger partial charge in [-0.15, -0.1) is 0 Å². The highest BCUT2D eigenvalue weighted by molar-refractivity contribution is 6.31. The van der Waals surface area contributed by atoms with Gasteiger partial charge in [-0.05, 0) is 36.4 Å². The molecular formula is C31H26ClF3N6O6. The number of ether oxygens (including phenoxy) is 1. The highest BCUT2D eigenvalue weighted by atomic mass is 35.5. The third-order valence-electron chi connectivity index (χ3n) is 7.60. The van der Waals surface area contributed by atoms with E-state index in [1.54, 1.807) is 6.07 Å². The van der Waals surface area contributed by atoms with Crippen LogP contribution in [0.15, 0.2) is 66.9 Å². The molecule has 47 heavy (non-hydrogen) atoms. The van der Waals surface area contributed by atoms with Gasteiger partial charge in [0.1, 0.15) is 30.3 Å². The van der Waals surface area contributed by atoms with Gasteiger partial charge in [0.15, 0.2) is 6.79 Å². The summed E-state index contributed by atoms with van der Waals surface area (Å²) in [4.78, 5) is 61.6. The number of amides is 4. The monoisotopic (exact) mass is 670 g/mol. The maximum Gasteiger partial charge on any atom is 0.327 e. The number of nitriles is 1. The van der Waals surface area contributed by atoms with Crippen LogP contribution in [0.1, 0.15) is 30.0 Å². The zero-order valence-corrected chi connectivity index (χ0v) is 25.1. The molecule has 0 bridgehead atoms.